The average Bonchev–Trinajstić information content (AvgIpc) is 3.03. The van der Waals surface area contributed by atoms with Crippen LogP contribution in [0, 0.1) is 11.8 Å². The number of oxazole rings is 1. The predicted molar refractivity (Wildman–Crippen MR) is 93.4 cm³/mol. The molecule has 1 aromatic carbocycles. The molecule has 1 atom stereocenters. The quantitative estimate of drug-likeness (QED) is 0.863. The molecule has 0 radical (unpaired) electrons. The number of benzene rings is 1. The third-order valence-electron chi connectivity index (χ3n) is 4.65. The summed E-state index contributed by atoms with van der Waals surface area (Å²) in [5.41, 5.74) is 1.57. The third kappa shape index (κ3) is 3.75. The molecule has 1 aliphatic heterocycles. The van der Waals surface area contributed by atoms with Crippen molar-refractivity contribution in [3.8, 4) is 0 Å². The van der Waals surface area contributed by atoms with E-state index in [0.29, 0.717) is 31.9 Å². The molecule has 134 valence electrons. The van der Waals surface area contributed by atoms with E-state index < -0.39 is 12.0 Å². The van der Waals surface area contributed by atoms with Crippen molar-refractivity contribution in [2.24, 2.45) is 11.8 Å². The summed E-state index contributed by atoms with van der Waals surface area (Å²) < 4.78 is 5.77. The lowest BCUT2D eigenvalue weighted by Gasteiger charge is -2.31. The molecule has 2 N–H and O–H groups in total. The minimum Gasteiger partial charge on any atom is -0.480 e. The van der Waals surface area contributed by atoms with Crippen LogP contribution < -0.4 is 10.2 Å². The molecule has 2 heterocycles. The number of carbonyl (C=O) groups is 2. The van der Waals surface area contributed by atoms with Crippen molar-refractivity contribution in [2.75, 3.05) is 18.0 Å². The largest absolute Gasteiger partial charge is 0.480 e. The molecule has 7 heteroatoms. The highest BCUT2D eigenvalue weighted by molar-refractivity contribution is 5.85. The van der Waals surface area contributed by atoms with Gasteiger partial charge in [-0.3, -0.25) is 4.79 Å². The van der Waals surface area contributed by atoms with E-state index in [2.05, 4.69) is 10.3 Å². The maximum Gasteiger partial charge on any atom is 0.326 e. The van der Waals surface area contributed by atoms with Crippen molar-refractivity contribution in [2.45, 2.75) is 32.7 Å². The highest BCUT2D eigenvalue weighted by Crippen LogP contribution is 2.26. The number of hydrogen-bond acceptors (Lipinski definition) is 5. The fourth-order valence-electron chi connectivity index (χ4n) is 3.11. The molecule has 0 spiro atoms. The van der Waals surface area contributed by atoms with Crippen LogP contribution in [0.4, 0.5) is 6.01 Å². The molecule has 0 bridgehead atoms. The number of carboxylic acids is 1. The van der Waals surface area contributed by atoms with Crippen molar-refractivity contribution in [3.63, 3.8) is 0 Å². The van der Waals surface area contributed by atoms with Gasteiger partial charge in [0.1, 0.15) is 11.6 Å². The Bertz CT molecular complexity index is 730. The summed E-state index contributed by atoms with van der Waals surface area (Å²) >= 11 is 0. The van der Waals surface area contributed by atoms with Gasteiger partial charge in [-0.1, -0.05) is 26.0 Å². The molecule has 0 saturated carbocycles. The van der Waals surface area contributed by atoms with Crippen LogP contribution in [0.25, 0.3) is 11.1 Å². The van der Waals surface area contributed by atoms with Crippen LogP contribution in [0.2, 0.25) is 0 Å². The first kappa shape index (κ1) is 17.3. The van der Waals surface area contributed by atoms with Gasteiger partial charge >= 0.3 is 5.97 Å². The predicted octanol–water partition coefficient (Wildman–Crippen LogP) is 2.27. The van der Waals surface area contributed by atoms with Gasteiger partial charge in [-0.05, 0) is 30.9 Å². The Labute approximate surface area is 146 Å². The molecule has 3 rings (SSSR count). The standard InChI is InChI=1S/C18H23N3O4/c1-11(2)15(17(23)24)20-16(22)12-7-9-21(10-8-12)18-19-13-5-3-4-6-14(13)25-18/h3-6,11-12,15H,7-10H2,1-2H3,(H,20,22)(H,23,24)/t15-/m1/s1. The molecule has 7 nitrogen and oxygen atoms in total. The number of aromatic nitrogens is 1. The molecular formula is C18H23N3O4. The number of piperidine rings is 1. The summed E-state index contributed by atoms with van der Waals surface area (Å²) in [6.07, 6.45) is 1.30. The van der Waals surface area contributed by atoms with Crippen LogP contribution in [0.15, 0.2) is 28.7 Å². The molecule has 2 aromatic rings. The van der Waals surface area contributed by atoms with E-state index in [4.69, 9.17) is 4.42 Å². The van der Waals surface area contributed by atoms with E-state index in [0.717, 1.165) is 11.1 Å². The van der Waals surface area contributed by atoms with Gasteiger partial charge in [-0.25, -0.2) is 4.79 Å². The first-order chi connectivity index (χ1) is 12.0. The Kier molecular flexibility index (Phi) is 4.92. The number of carboxylic acid groups (broad SMARTS) is 1. The van der Waals surface area contributed by atoms with E-state index >= 15 is 0 Å². The number of fused-ring (bicyclic) bond motifs is 1. The number of amides is 1. The zero-order valence-electron chi connectivity index (χ0n) is 14.4. The fraction of sp³-hybridized carbons (Fsp3) is 0.500. The second kappa shape index (κ2) is 7.13. The van der Waals surface area contributed by atoms with Crippen LogP contribution in [-0.2, 0) is 9.59 Å². The highest BCUT2D eigenvalue weighted by atomic mass is 16.4. The topological polar surface area (TPSA) is 95.7 Å². The van der Waals surface area contributed by atoms with Crippen LogP contribution in [0.3, 0.4) is 0 Å². The monoisotopic (exact) mass is 345 g/mol. The number of nitrogens with zero attached hydrogens (tertiary/aromatic N) is 2. The molecule has 25 heavy (non-hydrogen) atoms. The molecule has 0 aliphatic carbocycles. The molecule has 1 fully saturated rings. The number of aliphatic carboxylic acids is 1. The van der Waals surface area contributed by atoms with E-state index in [1.165, 1.54) is 0 Å². The first-order valence-electron chi connectivity index (χ1n) is 8.59. The molecular weight excluding hydrogens is 322 g/mol. The Hall–Kier alpha value is -2.57. The van der Waals surface area contributed by atoms with Crippen molar-refractivity contribution < 1.29 is 19.1 Å². The highest BCUT2D eigenvalue weighted by Gasteiger charge is 2.31. The van der Waals surface area contributed by atoms with Crippen LogP contribution in [-0.4, -0.2) is 41.1 Å². The van der Waals surface area contributed by atoms with Crippen molar-refractivity contribution >= 4 is 29.0 Å². The molecule has 1 saturated heterocycles. The van der Waals surface area contributed by atoms with Crippen molar-refractivity contribution in [1.29, 1.82) is 0 Å². The SMILES string of the molecule is CC(C)[C@@H](NC(=O)C1CCN(c2nc3ccccc3o2)CC1)C(=O)O. The van der Waals surface area contributed by atoms with Gasteiger partial charge in [0, 0.05) is 19.0 Å². The molecule has 0 unspecified atom stereocenters. The third-order valence-corrected chi connectivity index (χ3v) is 4.65. The van der Waals surface area contributed by atoms with Gasteiger partial charge in [-0.15, -0.1) is 0 Å². The first-order valence-corrected chi connectivity index (χ1v) is 8.59. The number of anilines is 1. The molecule has 1 aromatic heterocycles. The number of hydrogen-bond donors (Lipinski definition) is 2. The van der Waals surface area contributed by atoms with Crippen molar-refractivity contribution in [1.82, 2.24) is 10.3 Å². The summed E-state index contributed by atoms with van der Waals surface area (Å²) in [6, 6.07) is 7.33. The zero-order valence-corrected chi connectivity index (χ0v) is 14.4. The summed E-state index contributed by atoms with van der Waals surface area (Å²) in [7, 11) is 0. The van der Waals surface area contributed by atoms with E-state index in [1.807, 2.05) is 29.2 Å². The minimum absolute atomic E-state index is 0.152. The fourth-order valence-corrected chi connectivity index (χ4v) is 3.11. The summed E-state index contributed by atoms with van der Waals surface area (Å²) in [6.45, 7) is 4.89. The van der Waals surface area contributed by atoms with Gasteiger partial charge in [0.05, 0.1) is 0 Å². The van der Waals surface area contributed by atoms with E-state index in [-0.39, 0.29) is 17.7 Å². The Balaban J connectivity index is 1.59. The van der Waals surface area contributed by atoms with Crippen LogP contribution >= 0.6 is 0 Å². The number of carbonyl (C=O) groups excluding carboxylic acids is 1. The summed E-state index contributed by atoms with van der Waals surface area (Å²) in [5.74, 6) is -1.51. The second-order valence-corrected chi connectivity index (χ2v) is 6.79. The van der Waals surface area contributed by atoms with Crippen LogP contribution in [0.1, 0.15) is 26.7 Å². The molecule has 1 aliphatic rings. The maximum atomic E-state index is 12.4. The van der Waals surface area contributed by atoms with Crippen LogP contribution in [0.5, 0.6) is 0 Å². The lowest BCUT2D eigenvalue weighted by molar-refractivity contribution is -0.143. The van der Waals surface area contributed by atoms with Gasteiger partial charge in [0.25, 0.3) is 6.01 Å². The van der Waals surface area contributed by atoms with E-state index in [9.17, 15) is 14.7 Å². The average molecular weight is 345 g/mol. The zero-order chi connectivity index (χ0) is 18.0. The number of rotatable bonds is 5. The minimum atomic E-state index is -0.993. The maximum absolute atomic E-state index is 12.4. The normalized spacial score (nSPS) is 17.0. The smallest absolute Gasteiger partial charge is 0.326 e. The van der Waals surface area contributed by atoms with Gasteiger partial charge < -0.3 is 19.7 Å². The summed E-state index contributed by atoms with van der Waals surface area (Å²) in [4.78, 5) is 30.1. The second-order valence-electron chi connectivity index (χ2n) is 6.79. The van der Waals surface area contributed by atoms with Crippen molar-refractivity contribution in [3.05, 3.63) is 24.3 Å². The lowest BCUT2D eigenvalue weighted by Crippen LogP contribution is -2.48. The Morgan fingerprint density at radius 1 is 1.28 bits per heavy atom. The van der Waals surface area contributed by atoms with Gasteiger partial charge in [-0.2, -0.15) is 4.98 Å². The Morgan fingerprint density at radius 3 is 2.56 bits per heavy atom. The molecule has 1 amide bonds. The summed E-state index contributed by atoms with van der Waals surface area (Å²) in [5, 5.41) is 11.9. The number of nitrogens with one attached hydrogen (secondary N) is 1. The van der Waals surface area contributed by atoms with Gasteiger partial charge in [0.15, 0.2) is 5.58 Å². The van der Waals surface area contributed by atoms with E-state index in [1.54, 1.807) is 13.8 Å². The Morgan fingerprint density at radius 2 is 1.96 bits per heavy atom. The number of para-hydroxylation sites is 2. The van der Waals surface area contributed by atoms with Gasteiger partial charge in [0.2, 0.25) is 5.91 Å². The lowest BCUT2D eigenvalue weighted by atomic mass is 9.95.